The lowest BCUT2D eigenvalue weighted by atomic mass is 10.1. The number of hydrogen-bond acceptors (Lipinski definition) is 3. The van der Waals surface area contributed by atoms with Gasteiger partial charge in [0.15, 0.2) is 5.96 Å². The van der Waals surface area contributed by atoms with Crippen LogP contribution in [-0.2, 0) is 17.9 Å². The van der Waals surface area contributed by atoms with Crippen LogP contribution in [0.25, 0.3) is 0 Å². The minimum absolute atomic E-state index is 0.194. The van der Waals surface area contributed by atoms with E-state index in [2.05, 4.69) is 10.3 Å². The van der Waals surface area contributed by atoms with Gasteiger partial charge in [-0.3, -0.25) is 14.7 Å². The van der Waals surface area contributed by atoms with Crippen molar-refractivity contribution in [2.24, 2.45) is 4.99 Å². The molecule has 2 fully saturated rings. The number of carbonyl (C=O) groups excluding carboxylic acids is 1. The highest BCUT2D eigenvalue weighted by Crippen LogP contribution is 2.25. The molecule has 0 saturated carbocycles. The summed E-state index contributed by atoms with van der Waals surface area (Å²) >= 11 is 0. The summed E-state index contributed by atoms with van der Waals surface area (Å²) in [4.78, 5) is 21.6. The zero-order valence-electron chi connectivity index (χ0n) is 17.6. The Kier molecular flexibility index (Phi) is 7.23. The molecular weight excluding hydrogens is 395 g/mol. The molecule has 1 N–H and O–H groups in total. The maximum atomic E-state index is 13.0. The number of aliphatic imine (C=N–C) groups is 1. The Morgan fingerprint density at radius 1 is 1.13 bits per heavy atom. The van der Waals surface area contributed by atoms with Crippen molar-refractivity contribution in [1.29, 1.82) is 0 Å². The van der Waals surface area contributed by atoms with Gasteiger partial charge in [0.25, 0.3) is 0 Å². The van der Waals surface area contributed by atoms with E-state index in [4.69, 9.17) is 0 Å². The van der Waals surface area contributed by atoms with Crippen LogP contribution >= 0.6 is 0 Å². The van der Waals surface area contributed by atoms with Crippen LogP contribution in [0.15, 0.2) is 29.3 Å². The minimum Gasteiger partial charge on any atom is -0.352 e. The van der Waals surface area contributed by atoms with E-state index in [0.29, 0.717) is 51.6 Å². The Hall–Kier alpha value is -2.29. The molecule has 6 nitrogen and oxygen atoms in total. The molecule has 2 aliphatic heterocycles. The average molecular weight is 425 g/mol. The van der Waals surface area contributed by atoms with Crippen LogP contribution in [-0.4, -0.2) is 78.6 Å². The number of amides is 1. The predicted octanol–water partition coefficient (Wildman–Crippen LogP) is 2.45. The van der Waals surface area contributed by atoms with Crippen molar-refractivity contribution >= 4 is 11.9 Å². The third-order valence-corrected chi connectivity index (χ3v) is 5.93. The Labute approximate surface area is 175 Å². The van der Waals surface area contributed by atoms with Crippen molar-refractivity contribution in [3.8, 4) is 0 Å². The van der Waals surface area contributed by atoms with Gasteiger partial charge in [-0.25, -0.2) is 0 Å². The second-order valence-corrected chi connectivity index (χ2v) is 7.83. The summed E-state index contributed by atoms with van der Waals surface area (Å²) in [6.07, 6.45) is -2.68. The first-order chi connectivity index (χ1) is 14.3. The van der Waals surface area contributed by atoms with Crippen molar-refractivity contribution in [1.82, 2.24) is 20.0 Å². The Bertz CT molecular complexity index is 759. The molecule has 1 aromatic rings. The maximum absolute atomic E-state index is 13.0. The molecule has 2 heterocycles. The number of halogens is 3. The normalized spacial score (nSPS) is 20.0. The molecule has 0 aromatic heterocycles. The second-order valence-electron chi connectivity index (χ2n) is 7.83. The Balaban J connectivity index is 1.56. The third-order valence-electron chi connectivity index (χ3n) is 5.93. The summed E-state index contributed by atoms with van der Waals surface area (Å²) in [7, 11) is 1.68. The molecule has 0 aliphatic carbocycles. The van der Waals surface area contributed by atoms with Gasteiger partial charge in [0.1, 0.15) is 6.04 Å². The molecule has 1 atom stereocenters. The van der Waals surface area contributed by atoms with Gasteiger partial charge < -0.3 is 15.1 Å². The average Bonchev–Trinajstić information content (AvgIpc) is 3.13. The van der Waals surface area contributed by atoms with Gasteiger partial charge in [-0.05, 0) is 24.5 Å². The van der Waals surface area contributed by atoms with E-state index in [0.717, 1.165) is 24.1 Å². The van der Waals surface area contributed by atoms with E-state index < -0.39 is 12.2 Å². The van der Waals surface area contributed by atoms with Crippen LogP contribution in [0.4, 0.5) is 13.2 Å². The number of carbonyl (C=O) groups is 1. The van der Waals surface area contributed by atoms with Gasteiger partial charge in [-0.1, -0.05) is 24.3 Å². The number of piperazine rings is 1. The zero-order chi connectivity index (χ0) is 21.7. The standard InChI is InChI=1S/C21H30F3N5O/c1-16(21(22,23)24)27-10-12-28(13-11-27)20(25-2)26-14-17-6-3-4-7-18(17)15-29-9-5-8-19(29)30/h3-4,6-7,16H,5,8-15H2,1-2H3,(H,25,26). The summed E-state index contributed by atoms with van der Waals surface area (Å²) in [6.45, 7) is 4.82. The third kappa shape index (κ3) is 5.44. The largest absolute Gasteiger partial charge is 0.403 e. The lowest BCUT2D eigenvalue weighted by Crippen LogP contribution is -2.56. The highest BCUT2D eigenvalue weighted by molar-refractivity contribution is 5.80. The monoisotopic (exact) mass is 425 g/mol. The number of benzene rings is 1. The summed E-state index contributed by atoms with van der Waals surface area (Å²) in [5, 5.41) is 3.34. The van der Waals surface area contributed by atoms with Gasteiger partial charge in [-0.2, -0.15) is 13.2 Å². The lowest BCUT2D eigenvalue weighted by Gasteiger charge is -2.39. The van der Waals surface area contributed by atoms with E-state index in [9.17, 15) is 18.0 Å². The van der Waals surface area contributed by atoms with E-state index >= 15 is 0 Å². The van der Waals surface area contributed by atoms with Crippen LogP contribution in [0.5, 0.6) is 0 Å². The summed E-state index contributed by atoms with van der Waals surface area (Å²) in [6, 6.07) is 6.55. The molecule has 0 spiro atoms. The van der Waals surface area contributed by atoms with Gasteiger partial charge in [-0.15, -0.1) is 0 Å². The number of nitrogens with zero attached hydrogens (tertiary/aromatic N) is 4. The number of alkyl halides is 3. The highest BCUT2D eigenvalue weighted by atomic mass is 19.4. The molecule has 9 heteroatoms. The van der Waals surface area contributed by atoms with Gasteiger partial charge in [0.2, 0.25) is 5.91 Å². The fourth-order valence-corrected chi connectivity index (χ4v) is 4.00. The van der Waals surface area contributed by atoms with E-state index in [1.54, 1.807) is 7.05 Å². The molecule has 1 unspecified atom stereocenters. The van der Waals surface area contributed by atoms with Gasteiger partial charge in [0.05, 0.1) is 0 Å². The highest BCUT2D eigenvalue weighted by Gasteiger charge is 2.41. The van der Waals surface area contributed by atoms with Crippen molar-refractivity contribution in [3.05, 3.63) is 35.4 Å². The van der Waals surface area contributed by atoms with Crippen molar-refractivity contribution < 1.29 is 18.0 Å². The molecule has 1 aromatic carbocycles. The van der Waals surface area contributed by atoms with Gasteiger partial charge in [0, 0.05) is 59.3 Å². The molecule has 2 aliphatic rings. The first-order valence-corrected chi connectivity index (χ1v) is 10.4. The lowest BCUT2D eigenvalue weighted by molar-refractivity contribution is -0.181. The molecule has 3 rings (SSSR count). The molecule has 2 saturated heterocycles. The fraction of sp³-hybridized carbons (Fsp3) is 0.619. The number of nitrogens with one attached hydrogen (secondary N) is 1. The number of hydrogen-bond donors (Lipinski definition) is 1. The van der Waals surface area contributed by atoms with Crippen LogP contribution in [0.1, 0.15) is 30.9 Å². The molecule has 0 radical (unpaired) electrons. The molecule has 1 amide bonds. The van der Waals surface area contributed by atoms with Crippen LogP contribution in [0.3, 0.4) is 0 Å². The number of rotatable bonds is 5. The summed E-state index contributed by atoms with van der Waals surface area (Å²) in [5.41, 5.74) is 2.18. The SMILES string of the molecule is CN=C(NCc1ccccc1CN1CCCC1=O)N1CCN(C(C)C(F)(F)F)CC1. The van der Waals surface area contributed by atoms with Crippen LogP contribution in [0, 0.1) is 0 Å². The smallest absolute Gasteiger partial charge is 0.352 e. The quantitative estimate of drug-likeness (QED) is 0.582. The molecule has 166 valence electrons. The zero-order valence-corrected chi connectivity index (χ0v) is 17.6. The second kappa shape index (κ2) is 9.68. The molecule has 0 bridgehead atoms. The fourth-order valence-electron chi connectivity index (χ4n) is 4.00. The molecular formula is C21H30F3N5O. The first kappa shape index (κ1) is 22.4. The first-order valence-electron chi connectivity index (χ1n) is 10.4. The van der Waals surface area contributed by atoms with E-state index in [1.165, 1.54) is 11.8 Å². The van der Waals surface area contributed by atoms with Crippen molar-refractivity contribution in [2.45, 2.75) is 45.1 Å². The summed E-state index contributed by atoms with van der Waals surface area (Å²) in [5.74, 6) is 0.876. The molecule has 30 heavy (non-hydrogen) atoms. The van der Waals surface area contributed by atoms with Crippen molar-refractivity contribution in [3.63, 3.8) is 0 Å². The Morgan fingerprint density at radius 2 is 1.80 bits per heavy atom. The maximum Gasteiger partial charge on any atom is 0.403 e. The van der Waals surface area contributed by atoms with Crippen molar-refractivity contribution in [2.75, 3.05) is 39.8 Å². The number of guanidine groups is 1. The van der Waals surface area contributed by atoms with E-state index in [-0.39, 0.29) is 5.91 Å². The summed E-state index contributed by atoms with van der Waals surface area (Å²) < 4.78 is 38.9. The predicted molar refractivity (Wildman–Crippen MR) is 110 cm³/mol. The van der Waals surface area contributed by atoms with Crippen LogP contribution < -0.4 is 5.32 Å². The number of likely N-dealkylation sites (tertiary alicyclic amines) is 1. The topological polar surface area (TPSA) is 51.2 Å². The van der Waals surface area contributed by atoms with E-state index in [1.807, 2.05) is 34.1 Å². The van der Waals surface area contributed by atoms with Gasteiger partial charge >= 0.3 is 6.18 Å². The minimum atomic E-state index is -4.21. The Morgan fingerprint density at radius 3 is 2.37 bits per heavy atom. The van der Waals surface area contributed by atoms with Crippen LogP contribution in [0.2, 0.25) is 0 Å².